The van der Waals surface area contributed by atoms with E-state index in [-0.39, 0.29) is 11.7 Å². The van der Waals surface area contributed by atoms with Crippen LogP contribution in [-0.4, -0.2) is 26.8 Å². The Kier molecular flexibility index (Phi) is 6.53. The fraction of sp³-hybridized carbons (Fsp3) is 0.444. The van der Waals surface area contributed by atoms with Crippen LogP contribution in [0.3, 0.4) is 0 Å². The number of anilines is 1. The summed E-state index contributed by atoms with van der Waals surface area (Å²) in [5.41, 5.74) is 0.941. The van der Waals surface area contributed by atoms with E-state index in [2.05, 4.69) is 20.5 Å². The van der Waals surface area contributed by atoms with Gasteiger partial charge >= 0.3 is 0 Å². The van der Waals surface area contributed by atoms with E-state index in [0.29, 0.717) is 21.4 Å². The molecule has 1 saturated carbocycles. The minimum atomic E-state index is -0.173. The van der Waals surface area contributed by atoms with Crippen molar-refractivity contribution in [2.45, 2.75) is 43.7 Å². The molecule has 6 nitrogen and oxygen atoms in total. The molecule has 2 aromatic rings. The van der Waals surface area contributed by atoms with Crippen LogP contribution in [-0.2, 0) is 11.2 Å². The van der Waals surface area contributed by atoms with Gasteiger partial charge in [-0.2, -0.15) is 5.26 Å². The third-order valence-electron chi connectivity index (χ3n) is 4.48. The van der Waals surface area contributed by atoms with Crippen LogP contribution in [0.5, 0.6) is 0 Å². The van der Waals surface area contributed by atoms with E-state index >= 15 is 0 Å². The lowest BCUT2D eigenvalue weighted by Gasteiger charge is -2.05. The monoisotopic (exact) mass is 389 g/mol. The van der Waals surface area contributed by atoms with Crippen molar-refractivity contribution in [2.75, 3.05) is 11.1 Å². The number of aromatic amines is 1. The van der Waals surface area contributed by atoms with Crippen molar-refractivity contribution in [3.8, 4) is 6.07 Å². The molecule has 1 amide bonds. The predicted octanol–water partition coefficient (Wildman–Crippen LogP) is 4.18. The molecule has 0 spiro atoms. The highest BCUT2D eigenvalue weighted by atomic mass is 35.5. The molecule has 1 heterocycles. The molecular formula is C18H20ClN5OS. The Labute approximate surface area is 161 Å². The number of rotatable bonds is 7. The third-order valence-corrected chi connectivity index (χ3v) is 5.64. The maximum atomic E-state index is 12.1. The number of aryl methyl sites for hydroxylation is 1. The van der Waals surface area contributed by atoms with Crippen molar-refractivity contribution in [1.29, 1.82) is 5.26 Å². The lowest BCUT2D eigenvalue weighted by atomic mass is 10.0. The fourth-order valence-electron chi connectivity index (χ4n) is 3.10. The molecule has 1 aromatic heterocycles. The van der Waals surface area contributed by atoms with Crippen molar-refractivity contribution >= 4 is 35.0 Å². The van der Waals surface area contributed by atoms with E-state index < -0.39 is 0 Å². The molecule has 26 heavy (non-hydrogen) atoms. The number of H-pyrrole nitrogens is 1. The summed E-state index contributed by atoms with van der Waals surface area (Å²) in [6.07, 6.45) is 7.42. The van der Waals surface area contributed by atoms with Gasteiger partial charge in [-0.3, -0.25) is 9.89 Å². The van der Waals surface area contributed by atoms with Crippen LogP contribution in [0.4, 0.5) is 5.69 Å². The van der Waals surface area contributed by atoms with E-state index in [9.17, 15) is 4.79 Å². The fourth-order valence-corrected chi connectivity index (χ4v) is 3.94. The van der Waals surface area contributed by atoms with Crippen LogP contribution < -0.4 is 5.32 Å². The summed E-state index contributed by atoms with van der Waals surface area (Å²) < 4.78 is 0. The van der Waals surface area contributed by atoms with Gasteiger partial charge in [-0.05, 0) is 30.5 Å². The largest absolute Gasteiger partial charge is 0.325 e. The Morgan fingerprint density at radius 1 is 1.42 bits per heavy atom. The van der Waals surface area contributed by atoms with Crippen LogP contribution in [0.2, 0.25) is 5.02 Å². The number of nitriles is 1. The molecule has 1 aromatic carbocycles. The zero-order valence-corrected chi connectivity index (χ0v) is 15.9. The minimum Gasteiger partial charge on any atom is -0.325 e. The number of halogens is 1. The Balaban J connectivity index is 1.44. The van der Waals surface area contributed by atoms with Crippen LogP contribution in [0.25, 0.3) is 0 Å². The third kappa shape index (κ3) is 5.23. The molecule has 2 N–H and O–H groups in total. The van der Waals surface area contributed by atoms with Gasteiger partial charge in [-0.1, -0.05) is 49.0 Å². The number of carbonyl (C=O) groups is 1. The first-order valence-electron chi connectivity index (χ1n) is 8.67. The Morgan fingerprint density at radius 2 is 2.23 bits per heavy atom. The molecule has 3 rings (SSSR count). The standard InChI is InChI=1S/C18H20ClN5OS/c19-15-9-14(7-6-13(15)10-20)21-17(25)11-26-18-22-16(23-24-18)8-5-12-3-1-2-4-12/h6-7,9,12H,1-5,8,11H2,(H,21,25)(H,22,23,24). The van der Waals surface area contributed by atoms with Crippen LogP contribution >= 0.6 is 23.4 Å². The van der Waals surface area contributed by atoms with E-state index in [0.717, 1.165) is 24.6 Å². The van der Waals surface area contributed by atoms with Gasteiger partial charge in [0.25, 0.3) is 0 Å². The van der Waals surface area contributed by atoms with Gasteiger partial charge in [0.05, 0.1) is 16.3 Å². The number of aromatic nitrogens is 3. The number of nitrogens with one attached hydrogen (secondary N) is 2. The Hall–Kier alpha value is -2.04. The minimum absolute atomic E-state index is 0.173. The molecule has 8 heteroatoms. The first-order valence-corrected chi connectivity index (χ1v) is 10.0. The average Bonchev–Trinajstić information content (AvgIpc) is 3.30. The molecule has 0 unspecified atom stereocenters. The van der Waals surface area contributed by atoms with Crippen LogP contribution in [0, 0.1) is 17.2 Å². The van der Waals surface area contributed by atoms with Gasteiger partial charge in [-0.15, -0.1) is 5.10 Å². The number of thioether (sulfide) groups is 1. The van der Waals surface area contributed by atoms with Gasteiger partial charge in [0.1, 0.15) is 11.9 Å². The number of hydrogen-bond acceptors (Lipinski definition) is 5. The molecular weight excluding hydrogens is 370 g/mol. The molecule has 0 saturated heterocycles. The first-order chi connectivity index (χ1) is 12.6. The second-order valence-corrected chi connectivity index (χ2v) is 7.75. The van der Waals surface area contributed by atoms with Crippen molar-refractivity contribution in [3.63, 3.8) is 0 Å². The highest BCUT2D eigenvalue weighted by Crippen LogP contribution is 2.28. The first kappa shape index (κ1) is 18.7. The van der Waals surface area contributed by atoms with Gasteiger partial charge in [-0.25, -0.2) is 4.98 Å². The molecule has 0 atom stereocenters. The molecule has 1 aliphatic carbocycles. The lowest BCUT2D eigenvalue weighted by Crippen LogP contribution is -2.14. The van der Waals surface area contributed by atoms with E-state index in [1.807, 2.05) is 6.07 Å². The van der Waals surface area contributed by atoms with Crippen molar-refractivity contribution in [2.24, 2.45) is 5.92 Å². The zero-order valence-electron chi connectivity index (χ0n) is 14.3. The smallest absolute Gasteiger partial charge is 0.234 e. The number of nitrogens with zero attached hydrogens (tertiary/aromatic N) is 3. The number of carbonyl (C=O) groups excluding carboxylic acids is 1. The van der Waals surface area contributed by atoms with Crippen molar-refractivity contribution in [3.05, 3.63) is 34.6 Å². The lowest BCUT2D eigenvalue weighted by molar-refractivity contribution is -0.113. The van der Waals surface area contributed by atoms with Crippen molar-refractivity contribution in [1.82, 2.24) is 15.2 Å². The molecule has 0 radical (unpaired) electrons. The Morgan fingerprint density at radius 3 is 2.96 bits per heavy atom. The zero-order chi connectivity index (χ0) is 18.4. The van der Waals surface area contributed by atoms with Gasteiger partial charge in [0.2, 0.25) is 11.1 Å². The highest BCUT2D eigenvalue weighted by molar-refractivity contribution is 7.99. The van der Waals surface area contributed by atoms with Crippen molar-refractivity contribution < 1.29 is 4.79 Å². The molecule has 1 fully saturated rings. The Bertz CT molecular complexity index is 810. The summed E-state index contributed by atoms with van der Waals surface area (Å²) in [4.78, 5) is 16.5. The quantitative estimate of drug-likeness (QED) is 0.692. The van der Waals surface area contributed by atoms with E-state index in [1.54, 1.807) is 18.2 Å². The second-order valence-electron chi connectivity index (χ2n) is 6.40. The predicted molar refractivity (Wildman–Crippen MR) is 102 cm³/mol. The normalized spacial score (nSPS) is 14.3. The molecule has 0 bridgehead atoms. The molecule has 1 aliphatic rings. The molecule has 136 valence electrons. The number of amides is 1. The van der Waals surface area contributed by atoms with E-state index in [4.69, 9.17) is 16.9 Å². The van der Waals surface area contributed by atoms with Gasteiger partial charge in [0.15, 0.2) is 0 Å². The maximum absolute atomic E-state index is 12.1. The van der Waals surface area contributed by atoms with Gasteiger partial charge in [0, 0.05) is 12.1 Å². The summed E-state index contributed by atoms with van der Waals surface area (Å²) in [6, 6.07) is 6.78. The molecule has 0 aliphatic heterocycles. The SMILES string of the molecule is N#Cc1ccc(NC(=O)CSc2n[nH]c(CCC3CCCC3)n2)cc1Cl. The average molecular weight is 390 g/mol. The van der Waals surface area contributed by atoms with Gasteiger partial charge < -0.3 is 5.32 Å². The summed E-state index contributed by atoms with van der Waals surface area (Å²) in [5, 5.41) is 19.6. The van der Waals surface area contributed by atoms with Crippen LogP contribution in [0.1, 0.15) is 43.5 Å². The number of hydrogen-bond donors (Lipinski definition) is 2. The second kappa shape index (κ2) is 9.06. The van der Waals surface area contributed by atoms with E-state index in [1.165, 1.54) is 37.4 Å². The summed E-state index contributed by atoms with van der Waals surface area (Å²) in [6.45, 7) is 0. The summed E-state index contributed by atoms with van der Waals surface area (Å²) in [7, 11) is 0. The highest BCUT2D eigenvalue weighted by Gasteiger charge is 2.16. The summed E-state index contributed by atoms with van der Waals surface area (Å²) in [5.74, 6) is 1.74. The summed E-state index contributed by atoms with van der Waals surface area (Å²) >= 11 is 7.25. The topological polar surface area (TPSA) is 94.5 Å². The van der Waals surface area contributed by atoms with Crippen LogP contribution in [0.15, 0.2) is 23.4 Å². The maximum Gasteiger partial charge on any atom is 0.234 e. The number of benzene rings is 1.